The first kappa shape index (κ1) is 13.7. The van der Waals surface area contributed by atoms with E-state index in [4.69, 9.17) is 5.73 Å². The van der Waals surface area contributed by atoms with E-state index in [-0.39, 0.29) is 29.9 Å². The van der Waals surface area contributed by atoms with Crippen LogP contribution in [0, 0.1) is 11.8 Å². The number of hydrogen-bond acceptors (Lipinski definition) is 3. The van der Waals surface area contributed by atoms with Crippen LogP contribution in [0.5, 0.6) is 0 Å². The van der Waals surface area contributed by atoms with Crippen molar-refractivity contribution in [2.45, 2.75) is 38.3 Å². The number of carbonyl (C=O) groups excluding carboxylic acids is 2. The molecule has 0 aromatic rings. The molecule has 0 aromatic carbocycles. The maximum Gasteiger partial charge on any atom is 0.317 e. The van der Waals surface area contributed by atoms with Crippen LogP contribution in [0.2, 0.25) is 0 Å². The van der Waals surface area contributed by atoms with Gasteiger partial charge in [0.1, 0.15) is 0 Å². The Hall–Kier alpha value is -1.30. The third kappa shape index (κ3) is 2.37. The summed E-state index contributed by atoms with van der Waals surface area (Å²) in [6.07, 6.45) is 2.88. The van der Waals surface area contributed by atoms with Gasteiger partial charge in [0.05, 0.1) is 6.04 Å². The lowest BCUT2D eigenvalue weighted by molar-refractivity contribution is -0.140. The van der Waals surface area contributed by atoms with Crippen LogP contribution < -0.4 is 11.1 Å². The lowest BCUT2D eigenvalue weighted by Gasteiger charge is -2.40. The van der Waals surface area contributed by atoms with Gasteiger partial charge < -0.3 is 20.9 Å². The fraction of sp³-hybridized carbons (Fsp3) is 0.857. The number of hydrogen-bond donors (Lipinski definition) is 2. The highest BCUT2D eigenvalue weighted by Crippen LogP contribution is 2.31. The summed E-state index contributed by atoms with van der Waals surface area (Å²) in [6.45, 7) is 4.78. The molecule has 1 aliphatic carbocycles. The van der Waals surface area contributed by atoms with Gasteiger partial charge in [-0.25, -0.2) is 4.79 Å². The molecule has 3 rings (SSSR count). The van der Waals surface area contributed by atoms with Crippen molar-refractivity contribution < 1.29 is 9.59 Å². The van der Waals surface area contributed by atoms with Crippen LogP contribution in [0.3, 0.4) is 0 Å². The number of urea groups is 1. The second kappa shape index (κ2) is 5.24. The summed E-state index contributed by atoms with van der Waals surface area (Å²) >= 11 is 0. The number of amides is 3. The Labute approximate surface area is 119 Å². The van der Waals surface area contributed by atoms with Gasteiger partial charge in [-0.2, -0.15) is 0 Å². The summed E-state index contributed by atoms with van der Waals surface area (Å²) in [4.78, 5) is 28.1. The van der Waals surface area contributed by atoms with Gasteiger partial charge in [-0.1, -0.05) is 6.92 Å². The molecule has 20 heavy (non-hydrogen) atoms. The highest BCUT2D eigenvalue weighted by atomic mass is 16.2. The monoisotopic (exact) mass is 280 g/mol. The summed E-state index contributed by atoms with van der Waals surface area (Å²) in [6, 6.07) is 0.319. The first-order valence-electron chi connectivity index (χ1n) is 7.65. The lowest BCUT2D eigenvalue weighted by Crippen LogP contribution is -2.56. The van der Waals surface area contributed by atoms with E-state index < -0.39 is 0 Å². The molecule has 1 saturated carbocycles. The van der Waals surface area contributed by atoms with Gasteiger partial charge in [0, 0.05) is 38.1 Å². The van der Waals surface area contributed by atoms with Crippen LogP contribution in [0.1, 0.15) is 26.2 Å². The van der Waals surface area contributed by atoms with Gasteiger partial charge in [-0.15, -0.1) is 0 Å². The third-order valence-electron chi connectivity index (χ3n) is 5.10. The van der Waals surface area contributed by atoms with E-state index in [0.717, 1.165) is 19.3 Å². The van der Waals surface area contributed by atoms with Crippen molar-refractivity contribution in [1.29, 1.82) is 0 Å². The van der Waals surface area contributed by atoms with Crippen molar-refractivity contribution in [2.24, 2.45) is 17.6 Å². The summed E-state index contributed by atoms with van der Waals surface area (Å²) in [7, 11) is 0. The van der Waals surface area contributed by atoms with Gasteiger partial charge in [-0.3, -0.25) is 4.79 Å². The van der Waals surface area contributed by atoms with Gasteiger partial charge in [0.25, 0.3) is 0 Å². The quantitative estimate of drug-likeness (QED) is 0.709. The Morgan fingerprint density at radius 3 is 2.95 bits per heavy atom. The molecule has 3 amide bonds. The van der Waals surface area contributed by atoms with E-state index in [1.807, 2.05) is 9.80 Å². The molecule has 0 spiro atoms. The Kier molecular flexibility index (Phi) is 3.58. The van der Waals surface area contributed by atoms with Crippen molar-refractivity contribution in [3.05, 3.63) is 0 Å². The number of carbonyl (C=O) groups is 2. The molecular weight excluding hydrogens is 256 g/mol. The molecule has 4 atom stereocenters. The minimum absolute atomic E-state index is 0.00940. The summed E-state index contributed by atoms with van der Waals surface area (Å²) in [5.41, 5.74) is 6.02. The van der Waals surface area contributed by atoms with Crippen LogP contribution in [0.15, 0.2) is 0 Å². The molecule has 6 nitrogen and oxygen atoms in total. The van der Waals surface area contributed by atoms with E-state index >= 15 is 0 Å². The number of nitrogens with one attached hydrogen (secondary N) is 1. The van der Waals surface area contributed by atoms with E-state index in [9.17, 15) is 9.59 Å². The van der Waals surface area contributed by atoms with Crippen molar-refractivity contribution in [3.63, 3.8) is 0 Å². The minimum atomic E-state index is 0.00940. The van der Waals surface area contributed by atoms with Gasteiger partial charge in [0.2, 0.25) is 5.91 Å². The second-order valence-corrected chi connectivity index (χ2v) is 6.47. The van der Waals surface area contributed by atoms with E-state index in [2.05, 4.69) is 12.2 Å². The van der Waals surface area contributed by atoms with Crippen LogP contribution in [-0.2, 0) is 4.79 Å². The standard InChI is InChI=1S/C14H24N4O2/c1-9-2-3-10(15)6-12(9)13(19)17-4-5-18-11(8-17)7-16-14(18)20/h9-12H,2-8,15H2,1H3,(H,16,20). The summed E-state index contributed by atoms with van der Waals surface area (Å²) in [5.74, 6) is 0.727. The van der Waals surface area contributed by atoms with Gasteiger partial charge in [-0.05, 0) is 25.2 Å². The molecular formula is C14H24N4O2. The fourth-order valence-electron chi connectivity index (χ4n) is 3.74. The average Bonchev–Trinajstić information content (AvgIpc) is 2.82. The zero-order chi connectivity index (χ0) is 14.3. The van der Waals surface area contributed by atoms with Crippen molar-refractivity contribution in [1.82, 2.24) is 15.1 Å². The fourth-order valence-corrected chi connectivity index (χ4v) is 3.74. The molecule has 0 aromatic heterocycles. The second-order valence-electron chi connectivity index (χ2n) is 6.47. The van der Waals surface area contributed by atoms with Crippen LogP contribution in [0.25, 0.3) is 0 Å². The van der Waals surface area contributed by atoms with Crippen molar-refractivity contribution in [2.75, 3.05) is 26.2 Å². The normalized spacial score (nSPS) is 37.6. The highest BCUT2D eigenvalue weighted by molar-refractivity contribution is 5.81. The number of rotatable bonds is 1. The average molecular weight is 280 g/mol. The Bertz CT molecular complexity index is 414. The van der Waals surface area contributed by atoms with Crippen LogP contribution in [-0.4, -0.2) is 60.0 Å². The smallest absolute Gasteiger partial charge is 0.317 e. The molecule has 0 radical (unpaired) electrons. The zero-order valence-corrected chi connectivity index (χ0v) is 12.0. The number of nitrogens with two attached hydrogens (primary N) is 1. The van der Waals surface area contributed by atoms with Crippen molar-refractivity contribution in [3.8, 4) is 0 Å². The molecule has 2 aliphatic heterocycles. The molecule has 4 unspecified atom stereocenters. The topological polar surface area (TPSA) is 78.7 Å². The predicted molar refractivity (Wildman–Crippen MR) is 75.0 cm³/mol. The largest absolute Gasteiger partial charge is 0.339 e. The summed E-state index contributed by atoms with van der Waals surface area (Å²) < 4.78 is 0. The Morgan fingerprint density at radius 2 is 2.15 bits per heavy atom. The maximum atomic E-state index is 12.7. The number of fused-ring (bicyclic) bond motifs is 1. The molecule has 2 heterocycles. The van der Waals surface area contributed by atoms with E-state index in [1.54, 1.807) is 0 Å². The first-order valence-corrected chi connectivity index (χ1v) is 7.65. The SMILES string of the molecule is CC1CCC(N)CC1C(=O)N1CCN2C(=O)NCC2C1. The lowest BCUT2D eigenvalue weighted by atomic mass is 9.77. The highest BCUT2D eigenvalue weighted by Gasteiger charge is 2.40. The van der Waals surface area contributed by atoms with Crippen LogP contribution >= 0.6 is 0 Å². The Morgan fingerprint density at radius 1 is 1.35 bits per heavy atom. The third-order valence-corrected chi connectivity index (χ3v) is 5.10. The summed E-state index contributed by atoms with van der Waals surface area (Å²) in [5, 5.41) is 2.85. The molecule has 2 saturated heterocycles. The van der Waals surface area contributed by atoms with Gasteiger partial charge >= 0.3 is 6.03 Å². The number of piperazine rings is 1. The molecule has 3 fully saturated rings. The molecule has 6 heteroatoms. The Balaban J connectivity index is 1.64. The van der Waals surface area contributed by atoms with Gasteiger partial charge in [0.15, 0.2) is 0 Å². The maximum absolute atomic E-state index is 12.7. The van der Waals surface area contributed by atoms with E-state index in [0.29, 0.717) is 32.1 Å². The molecule has 0 bridgehead atoms. The molecule has 3 N–H and O–H groups in total. The molecule has 3 aliphatic rings. The van der Waals surface area contributed by atoms with Crippen LogP contribution in [0.4, 0.5) is 4.79 Å². The van der Waals surface area contributed by atoms with E-state index in [1.165, 1.54) is 0 Å². The predicted octanol–water partition coefficient (Wildman–Crippen LogP) is -0.0141. The minimum Gasteiger partial charge on any atom is -0.339 e. The zero-order valence-electron chi connectivity index (χ0n) is 12.0. The van der Waals surface area contributed by atoms with Crippen molar-refractivity contribution >= 4 is 11.9 Å². The molecule has 112 valence electrons. The first-order chi connectivity index (χ1) is 9.56. The number of nitrogens with zero attached hydrogens (tertiary/aromatic N) is 2.